The molecule has 0 heterocycles. The molecule has 2 aromatic carbocycles. The minimum Gasteiger partial charge on any atom is -0.490 e. The van der Waals surface area contributed by atoms with Crippen LogP contribution in [0.25, 0.3) is 0 Å². The molecule has 2 N–H and O–H groups in total. The standard InChI is InChI=1S/C17H16FN3O5/c1-26-15-7-4-12(8-14(15)21(24)25)17(23)20-10-16(22)19-9-11-2-5-13(18)6-3-11/h2-8H,9-10H2,1H3,(H,19,22)(H,20,23). The third-order valence-electron chi connectivity index (χ3n) is 3.45. The van der Waals surface area contributed by atoms with Crippen molar-refractivity contribution < 1.29 is 23.6 Å². The summed E-state index contributed by atoms with van der Waals surface area (Å²) >= 11 is 0. The van der Waals surface area contributed by atoms with Crippen molar-refractivity contribution in [1.29, 1.82) is 0 Å². The Bertz CT molecular complexity index is 824. The Kier molecular flexibility index (Phi) is 6.20. The molecule has 0 fully saturated rings. The Balaban J connectivity index is 1.89. The zero-order chi connectivity index (χ0) is 19.1. The number of halogens is 1. The van der Waals surface area contributed by atoms with E-state index in [0.717, 1.165) is 6.07 Å². The number of benzene rings is 2. The highest BCUT2D eigenvalue weighted by Crippen LogP contribution is 2.27. The van der Waals surface area contributed by atoms with E-state index in [2.05, 4.69) is 10.6 Å². The van der Waals surface area contributed by atoms with Gasteiger partial charge in [-0.15, -0.1) is 0 Å². The Morgan fingerprint density at radius 2 is 1.85 bits per heavy atom. The highest BCUT2D eigenvalue weighted by Gasteiger charge is 2.18. The number of nitrogens with one attached hydrogen (secondary N) is 2. The number of rotatable bonds is 7. The Hall–Kier alpha value is -3.49. The molecule has 0 atom stereocenters. The van der Waals surface area contributed by atoms with Crippen LogP contribution in [0, 0.1) is 15.9 Å². The Morgan fingerprint density at radius 1 is 1.15 bits per heavy atom. The minimum absolute atomic E-state index is 0.0311. The third kappa shape index (κ3) is 5.00. The van der Waals surface area contributed by atoms with E-state index >= 15 is 0 Å². The molecule has 9 heteroatoms. The van der Waals surface area contributed by atoms with Gasteiger partial charge in [0.15, 0.2) is 5.75 Å². The van der Waals surface area contributed by atoms with Gasteiger partial charge < -0.3 is 15.4 Å². The van der Waals surface area contributed by atoms with Crippen molar-refractivity contribution in [2.75, 3.05) is 13.7 Å². The number of ether oxygens (including phenoxy) is 1. The maximum atomic E-state index is 12.8. The zero-order valence-corrected chi connectivity index (χ0v) is 13.8. The fourth-order valence-corrected chi connectivity index (χ4v) is 2.10. The lowest BCUT2D eigenvalue weighted by Crippen LogP contribution is -2.36. The van der Waals surface area contributed by atoms with Gasteiger partial charge in [0.2, 0.25) is 5.91 Å². The molecule has 0 aliphatic carbocycles. The van der Waals surface area contributed by atoms with Crippen LogP contribution in [0.1, 0.15) is 15.9 Å². The molecule has 0 saturated carbocycles. The Morgan fingerprint density at radius 3 is 2.46 bits per heavy atom. The molecule has 0 bridgehead atoms. The van der Waals surface area contributed by atoms with Gasteiger partial charge in [0.05, 0.1) is 18.6 Å². The van der Waals surface area contributed by atoms with Gasteiger partial charge in [0.1, 0.15) is 5.82 Å². The van der Waals surface area contributed by atoms with Gasteiger partial charge >= 0.3 is 5.69 Å². The fourth-order valence-electron chi connectivity index (χ4n) is 2.10. The van der Waals surface area contributed by atoms with Crippen molar-refractivity contribution >= 4 is 17.5 Å². The third-order valence-corrected chi connectivity index (χ3v) is 3.45. The summed E-state index contributed by atoms with van der Waals surface area (Å²) in [7, 11) is 1.29. The molecule has 0 aliphatic rings. The molecule has 2 amide bonds. The summed E-state index contributed by atoms with van der Waals surface area (Å²) in [5, 5.41) is 15.9. The molecule has 26 heavy (non-hydrogen) atoms. The molecule has 2 rings (SSSR count). The van der Waals surface area contributed by atoms with Gasteiger partial charge in [0.25, 0.3) is 5.91 Å². The number of nitro benzene ring substituents is 1. The number of hydrogen-bond donors (Lipinski definition) is 2. The second kappa shape index (κ2) is 8.56. The normalized spacial score (nSPS) is 10.1. The predicted octanol–water partition coefficient (Wildman–Crippen LogP) is 1.79. The molecular formula is C17H16FN3O5. The second-order valence-corrected chi connectivity index (χ2v) is 5.23. The first-order chi connectivity index (χ1) is 12.4. The molecule has 0 radical (unpaired) electrons. The van der Waals surface area contributed by atoms with Crippen LogP contribution in [0.15, 0.2) is 42.5 Å². The van der Waals surface area contributed by atoms with Crippen molar-refractivity contribution in [2.45, 2.75) is 6.54 Å². The average Bonchev–Trinajstić information content (AvgIpc) is 2.65. The van der Waals surface area contributed by atoms with E-state index in [1.807, 2.05) is 0 Å². The first-order valence-electron chi connectivity index (χ1n) is 7.52. The predicted molar refractivity (Wildman–Crippen MR) is 90.2 cm³/mol. The maximum Gasteiger partial charge on any atom is 0.311 e. The molecule has 0 aliphatic heterocycles. The molecule has 0 unspecified atom stereocenters. The maximum absolute atomic E-state index is 12.8. The van der Waals surface area contributed by atoms with Crippen molar-refractivity contribution in [2.24, 2.45) is 0 Å². The van der Waals surface area contributed by atoms with Crippen molar-refractivity contribution in [1.82, 2.24) is 10.6 Å². The molecule has 136 valence electrons. The van der Waals surface area contributed by atoms with E-state index in [4.69, 9.17) is 4.74 Å². The van der Waals surface area contributed by atoms with Gasteiger partial charge in [-0.25, -0.2) is 4.39 Å². The quantitative estimate of drug-likeness (QED) is 0.577. The van der Waals surface area contributed by atoms with Gasteiger partial charge in [-0.3, -0.25) is 19.7 Å². The van der Waals surface area contributed by atoms with Crippen molar-refractivity contribution in [3.8, 4) is 5.75 Å². The lowest BCUT2D eigenvalue weighted by molar-refractivity contribution is -0.385. The SMILES string of the molecule is COc1ccc(C(=O)NCC(=O)NCc2ccc(F)cc2)cc1[N+](=O)[O-]. The van der Waals surface area contributed by atoms with E-state index in [-0.39, 0.29) is 35.9 Å². The van der Waals surface area contributed by atoms with Gasteiger partial charge in [-0.05, 0) is 29.8 Å². The van der Waals surface area contributed by atoms with Crippen molar-refractivity contribution in [3.05, 3.63) is 69.5 Å². The first kappa shape index (κ1) is 18.8. The molecule has 8 nitrogen and oxygen atoms in total. The summed E-state index contributed by atoms with van der Waals surface area (Å²) in [5.74, 6) is -1.43. The summed E-state index contributed by atoms with van der Waals surface area (Å²) in [6.07, 6.45) is 0. The smallest absolute Gasteiger partial charge is 0.311 e. The molecular weight excluding hydrogens is 345 g/mol. The van der Waals surface area contributed by atoms with Crippen LogP contribution >= 0.6 is 0 Å². The number of carbonyl (C=O) groups excluding carboxylic acids is 2. The van der Waals surface area contributed by atoms with Crippen LogP contribution in [0.2, 0.25) is 0 Å². The Labute approximate surface area is 148 Å². The van der Waals surface area contributed by atoms with Gasteiger partial charge in [0, 0.05) is 18.2 Å². The topological polar surface area (TPSA) is 111 Å². The highest BCUT2D eigenvalue weighted by atomic mass is 19.1. The lowest BCUT2D eigenvalue weighted by atomic mass is 10.1. The fraction of sp³-hybridized carbons (Fsp3) is 0.176. The average molecular weight is 361 g/mol. The number of nitro groups is 1. The summed E-state index contributed by atoms with van der Waals surface area (Å²) in [5.41, 5.74) is 0.390. The van der Waals surface area contributed by atoms with Crippen LogP contribution in [-0.2, 0) is 11.3 Å². The van der Waals surface area contributed by atoms with E-state index in [1.54, 1.807) is 0 Å². The van der Waals surface area contributed by atoms with Crippen LogP contribution in [-0.4, -0.2) is 30.4 Å². The summed E-state index contributed by atoms with van der Waals surface area (Å²) in [4.78, 5) is 34.1. The first-order valence-corrected chi connectivity index (χ1v) is 7.52. The lowest BCUT2D eigenvalue weighted by Gasteiger charge is -2.08. The van der Waals surface area contributed by atoms with E-state index < -0.39 is 16.7 Å². The minimum atomic E-state index is -0.662. The number of nitrogens with zero attached hydrogens (tertiary/aromatic N) is 1. The highest BCUT2D eigenvalue weighted by molar-refractivity contribution is 5.97. The zero-order valence-electron chi connectivity index (χ0n) is 13.8. The largest absolute Gasteiger partial charge is 0.490 e. The summed E-state index contributed by atoms with van der Waals surface area (Å²) in [6.45, 7) is -0.122. The molecule has 0 aromatic heterocycles. The monoisotopic (exact) mass is 361 g/mol. The van der Waals surface area contributed by atoms with Gasteiger partial charge in [-0.2, -0.15) is 0 Å². The number of methoxy groups -OCH3 is 1. The van der Waals surface area contributed by atoms with Crippen LogP contribution in [0.3, 0.4) is 0 Å². The molecule has 0 spiro atoms. The second-order valence-electron chi connectivity index (χ2n) is 5.23. The summed E-state index contributed by atoms with van der Waals surface area (Å²) < 4.78 is 17.7. The van der Waals surface area contributed by atoms with E-state index in [1.165, 1.54) is 43.5 Å². The molecule has 0 saturated heterocycles. The van der Waals surface area contributed by atoms with Crippen molar-refractivity contribution in [3.63, 3.8) is 0 Å². The van der Waals surface area contributed by atoms with Gasteiger partial charge in [-0.1, -0.05) is 12.1 Å². The number of hydrogen-bond acceptors (Lipinski definition) is 5. The van der Waals surface area contributed by atoms with Crippen LogP contribution < -0.4 is 15.4 Å². The number of carbonyl (C=O) groups is 2. The summed E-state index contributed by atoms with van der Waals surface area (Å²) in [6, 6.07) is 9.36. The number of amides is 2. The van der Waals surface area contributed by atoms with E-state index in [9.17, 15) is 24.1 Å². The van der Waals surface area contributed by atoms with Crippen LogP contribution in [0.5, 0.6) is 5.75 Å². The van der Waals surface area contributed by atoms with Crippen LogP contribution in [0.4, 0.5) is 10.1 Å². The van der Waals surface area contributed by atoms with E-state index in [0.29, 0.717) is 5.56 Å². The molecule has 2 aromatic rings.